The normalized spacial score (nSPS) is 19.1. The van der Waals surface area contributed by atoms with Crippen LogP contribution in [0.2, 0.25) is 0 Å². The first-order valence-corrected chi connectivity index (χ1v) is 10.8. The molecule has 1 atom stereocenters. The van der Waals surface area contributed by atoms with Crippen molar-refractivity contribution in [3.63, 3.8) is 0 Å². The van der Waals surface area contributed by atoms with E-state index in [4.69, 9.17) is 9.47 Å². The van der Waals surface area contributed by atoms with Gasteiger partial charge in [0.15, 0.2) is 0 Å². The van der Waals surface area contributed by atoms with Crippen LogP contribution in [-0.4, -0.2) is 62.7 Å². The van der Waals surface area contributed by atoms with E-state index >= 15 is 0 Å². The monoisotopic (exact) mass is 423 g/mol. The van der Waals surface area contributed by atoms with Crippen molar-refractivity contribution in [1.29, 1.82) is 0 Å². The lowest BCUT2D eigenvalue weighted by Crippen LogP contribution is -2.35. The van der Waals surface area contributed by atoms with Gasteiger partial charge in [-0.05, 0) is 61.7 Å². The zero-order valence-corrected chi connectivity index (χ0v) is 17.9. The molecule has 2 aromatic rings. The minimum atomic E-state index is -0.395. The Kier molecular flexibility index (Phi) is 6.72. The quantitative estimate of drug-likeness (QED) is 0.800. The van der Waals surface area contributed by atoms with Crippen molar-refractivity contribution in [3.05, 3.63) is 54.1 Å². The van der Waals surface area contributed by atoms with E-state index in [9.17, 15) is 9.59 Å². The van der Waals surface area contributed by atoms with Gasteiger partial charge in [-0.25, -0.2) is 0 Å². The van der Waals surface area contributed by atoms with Crippen LogP contribution in [0.5, 0.6) is 5.75 Å². The van der Waals surface area contributed by atoms with E-state index in [0.717, 1.165) is 43.8 Å². The van der Waals surface area contributed by atoms with Crippen molar-refractivity contribution < 1.29 is 19.1 Å². The number of ether oxygens (including phenoxy) is 2. The average Bonchev–Trinajstić information content (AvgIpc) is 3.24. The molecule has 0 saturated carbocycles. The summed E-state index contributed by atoms with van der Waals surface area (Å²) in [5.74, 6) is 0.679. The van der Waals surface area contributed by atoms with Gasteiger partial charge in [-0.2, -0.15) is 0 Å². The molecule has 31 heavy (non-hydrogen) atoms. The fraction of sp³-hybridized carbons (Fsp3) is 0.417. The molecule has 0 aromatic heterocycles. The molecule has 0 spiro atoms. The number of rotatable bonds is 5. The molecular formula is C24H29N3O4. The van der Waals surface area contributed by atoms with E-state index in [2.05, 4.69) is 22.3 Å². The summed E-state index contributed by atoms with van der Waals surface area (Å²) in [6, 6.07) is 15.2. The predicted octanol–water partition coefficient (Wildman–Crippen LogP) is 3.17. The van der Waals surface area contributed by atoms with Crippen LogP contribution < -0.4 is 15.0 Å². The number of nitrogens with one attached hydrogen (secondary N) is 1. The average molecular weight is 424 g/mol. The summed E-state index contributed by atoms with van der Waals surface area (Å²) >= 11 is 0. The Labute approximate surface area is 182 Å². The summed E-state index contributed by atoms with van der Waals surface area (Å²) in [5, 5.41) is 2.88. The Hall–Kier alpha value is -3.06. The third-order valence-electron chi connectivity index (χ3n) is 5.82. The first-order chi connectivity index (χ1) is 15.1. The Bertz CT molecular complexity index is 909. The molecule has 1 N–H and O–H groups in total. The van der Waals surface area contributed by atoms with Gasteiger partial charge < -0.3 is 24.6 Å². The van der Waals surface area contributed by atoms with Crippen LogP contribution in [0.1, 0.15) is 29.6 Å². The van der Waals surface area contributed by atoms with E-state index in [1.807, 2.05) is 17.0 Å². The van der Waals surface area contributed by atoms with Crippen molar-refractivity contribution >= 4 is 23.2 Å². The van der Waals surface area contributed by atoms with Gasteiger partial charge in [0.05, 0.1) is 7.11 Å². The van der Waals surface area contributed by atoms with Crippen LogP contribution in [0.3, 0.4) is 0 Å². The number of methoxy groups -OCH3 is 1. The first-order valence-electron chi connectivity index (χ1n) is 10.8. The van der Waals surface area contributed by atoms with E-state index in [0.29, 0.717) is 30.9 Å². The maximum atomic E-state index is 13.1. The molecule has 2 amide bonds. The van der Waals surface area contributed by atoms with E-state index in [1.165, 1.54) is 0 Å². The second-order valence-electron chi connectivity index (χ2n) is 7.90. The van der Waals surface area contributed by atoms with Gasteiger partial charge in [-0.3, -0.25) is 9.59 Å². The molecule has 2 saturated heterocycles. The van der Waals surface area contributed by atoms with Crippen LogP contribution in [0.4, 0.5) is 11.4 Å². The third kappa shape index (κ3) is 5.17. The Balaban J connectivity index is 1.38. The molecule has 7 nitrogen and oxygen atoms in total. The summed E-state index contributed by atoms with van der Waals surface area (Å²) in [6.45, 7) is 3.65. The summed E-state index contributed by atoms with van der Waals surface area (Å²) in [5.41, 5.74) is 2.35. The number of benzene rings is 2. The molecule has 4 rings (SSSR count). The molecule has 0 bridgehead atoms. The highest BCUT2D eigenvalue weighted by atomic mass is 16.5. The van der Waals surface area contributed by atoms with Crippen LogP contribution in [-0.2, 0) is 9.53 Å². The van der Waals surface area contributed by atoms with E-state index in [-0.39, 0.29) is 11.8 Å². The Morgan fingerprint density at radius 1 is 1.03 bits per heavy atom. The lowest BCUT2D eigenvalue weighted by molar-refractivity contribution is -0.124. The topological polar surface area (TPSA) is 71.1 Å². The van der Waals surface area contributed by atoms with E-state index in [1.54, 1.807) is 31.4 Å². The number of anilines is 2. The first kappa shape index (κ1) is 21.2. The molecule has 1 unspecified atom stereocenters. The number of hydrogen-bond acceptors (Lipinski definition) is 5. The maximum Gasteiger partial charge on any atom is 0.253 e. The number of amides is 2. The van der Waals surface area contributed by atoms with Crippen molar-refractivity contribution in [1.82, 2.24) is 4.90 Å². The molecule has 7 heteroatoms. The van der Waals surface area contributed by atoms with Crippen molar-refractivity contribution in [2.45, 2.75) is 25.4 Å². The predicted molar refractivity (Wildman–Crippen MR) is 120 cm³/mol. The van der Waals surface area contributed by atoms with Gasteiger partial charge in [0, 0.05) is 49.7 Å². The molecule has 164 valence electrons. The number of hydrogen-bond donors (Lipinski definition) is 1. The molecule has 2 aliphatic heterocycles. The maximum absolute atomic E-state index is 13.1. The lowest BCUT2D eigenvalue weighted by Gasteiger charge is -2.24. The van der Waals surface area contributed by atoms with Gasteiger partial charge in [-0.1, -0.05) is 6.07 Å². The zero-order valence-electron chi connectivity index (χ0n) is 17.9. The van der Waals surface area contributed by atoms with Gasteiger partial charge >= 0.3 is 0 Å². The lowest BCUT2D eigenvalue weighted by atomic mass is 10.1. The highest BCUT2D eigenvalue weighted by molar-refractivity contribution is 5.98. The van der Waals surface area contributed by atoms with Gasteiger partial charge in [0.25, 0.3) is 11.8 Å². The summed E-state index contributed by atoms with van der Waals surface area (Å²) in [7, 11) is 1.66. The molecule has 0 radical (unpaired) electrons. The van der Waals surface area contributed by atoms with Crippen LogP contribution in [0, 0.1) is 0 Å². The van der Waals surface area contributed by atoms with Crippen LogP contribution in [0.25, 0.3) is 0 Å². The SMILES string of the molecule is COc1ccc(N2CCCN(C(=O)c3cccc(NC(=O)C4CCCO4)c3)CC2)cc1. The Morgan fingerprint density at radius 2 is 1.87 bits per heavy atom. The highest BCUT2D eigenvalue weighted by Gasteiger charge is 2.24. The zero-order chi connectivity index (χ0) is 21.6. The largest absolute Gasteiger partial charge is 0.497 e. The van der Waals surface area contributed by atoms with E-state index < -0.39 is 6.10 Å². The second-order valence-corrected chi connectivity index (χ2v) is 7.90. The summed E-state index contributed by atoms with van der Waals surface area (Å²) in [6.07, 6.45) is 2.14. The summed E-state index contributed by atoms with van der Waals surface area (Å²) in [4.78, 5) is 29.6. The highest BCUT2D eigenvalue weighted by Crippen LogP contribution is 2.22. The Morgan fingerprint density at radius 3 is 2.61 bits per heavy atom. The van der Waals surface area contributed by atoms with Gasteiger partial charge in [0.1, 0.15) is 11.9 Å². The molecule has 2 fully saturated rings. The molecule has 0 aliphatic carbocycles. The molecule has 2 aromatic carbocycles. The fourth-order valence-electron chi connectivity index (χ4n) is 4.09. The van der Waals surface area contributed by atoms with Crippen LogP contribution in [0.15, 0.2) is 48.5 Å². The number of carbonyl (C=O) groups excluding carboxylic acids is 2. The minimum Gasteiger partial charge on any atom is -0.497 e. The molecule has 2 aliphatic rings. The van der Waals surface area contributed by atoms with Crippen LogP contribution >= 0.6 is 0 Å². The molecule has 2 heterocycles. The summed E-state index contributed by atoms with van der Waals surface area (Å²) < 4.78 is 10.7. The standard InChI is InChI=1S/C24H29N3O4/c1-30-21-10-8-20(9-11-21)26-12-4-13-27(15-14-26)24(29)18-5-2-6-19(17-18)25-23(28)22-7-3-16-31-22/h2,5-6,8-11,17,22H,3-4,7,12-16H2,1H3,(H,25,28). The van der Waals surface area contributed by atoms with Crippen molar-refractivity contribution in [2.75, 3.05) is 50.1 Å². The third-order valence-corrected chi connectivity index (χ3v) is 5.82. The van der Waals surface area contributed by atoms with Gasteiger partial charge in [0.2, 0.25) is 0 Å². The van der Waals surface area contributed by atoms with Crippen molar-refractivity contribution in [2.24, 2.45) is 0 Å². The van der Waals surface area contributed by atoms with Crippen molar-refractivity contribution in [3.8, 4) is 5.75 Å². The minimum absolute atomic E-state index is 0.00945. The second kappa shape index (κ2) is 9.83. The van der Waals surface area contributed by atoms with Gasteiger partial charge in [-0.15, -0.1) is 0 Å². The number of carbonyl (C=O) groups is 2. The number of nitrogens with zero attached hydrogens (tertiary/aromatic N) is 2. The smallest absolute Gasteiger partial charge is 0.253 e. The fourth-order valence-corrected chi connectivity index (χ4v) is 4.09. The molecular weight excluding hydrogens is 394 g/mol.